The van der Waals surface area contributed by atoms with Crippen molar-refractivity contribution in [2.45, 2.75) is 223 Å². The van der Waals surface area contributed by atoms with Crippen LogP contribution in [0.25, 0.3) is 0 Å². The molecular weight excluding hydrogens is 767 g/mol. The first-order valence-electron chi connectivity index (χ1n) is 22.5. The summed E-state index contributed by atoms with van der Waals surface area (Å²) >= 11 is 0. The van der Waals surface area contributed by atoms with Crippen LogP contribution in [0.15, 0.2) is 36.5 Å². The summed E-state index contributed by atoms with van der Waals surface area (Å²) in [5.74, 6) is -0.717. The molecule has 0 aliphatic carbocycles. The van der Waals surface area contributed by atoms with Crippen molar-refractivity contribution in [3.63, 3.8) is 0 Å². The molecule has 1 fully saturated rings. The third-order valence-corrected chi connectivity index (χ3v) is 11.0. The van der Waals surface area contributed by atoms with E-state index in [4.69, 9.17) is 14.0 Å². The van der Waals surface area contributed by atoms with E-state index in [-0.39, 0.29) is 6.42 Å². The third kappa shape index (κ3) is 27.2. The van der Waals surface area contributed by atoms with Crippen LogP contribution in [0.3, 0.4) is 0 Å². The van der Waals surface area contributed by atoms with Gasteiger partial charge in [0, 0.05) is 0 Å². The van der Waals surface area contributed by atoms with Crippen LogP contribution in [0, 0.1) is 0 Å². The number of carbonyl (C=O) groups is 1. The Bertz CT molecular complexity index is 1200. The summed E-state index contributed by atoms with van der Waals surface area (Å²) < 4.78 is 47.4. The van der Waals surface area contributed by atoms with Crippen molar-refractivity contribution >= 4 is 16.3 Å². The molecule has 1 saturated heterocycles. The second-order valence-electron chi connectivity index (χ2n) is 15.8. The van der Waals surface area contributed by atoms with E-state index in [1.165, 1.54) is 96.0 Å². The van der Waals surface area contributed by atoms with Crippen LogP contribution in [0.2, 0.25) is 0 Å². The zero-order valence-electron chi connectivity index (χ0n) is 35.7. The fourth-order valence-corrected chi connectivity index (χ4v) is 7.42. The van der Waals surface area contributed by atoms with Gasteiger partial charge < -0.3 is 40.3 Å². The summed E-state index contributed by atoms with van der Waals surface area (Å²) in [5, 5.41) is 55.0. The second-order valence-corrected chi connectivity index (χ2v) is 16.8. The van der Waals surface area contributed by atoms with Gasteiger partial charge in [-0.1, -0.05) is 172 Å². The SMILES string of the molecule is CCC/C=C/CC/C=C/CC/C=C/C(O)C(COC1OC(CO)C(O)C(OS(=O)(=O)O)C1O)NC(=O)C(O)CCCCCCCCCCCCCCCCCCCC. The Kier molecular flexibility index (Phi) is 32.7. The Morgan fingerprint density at radius 3 is 1.62 bits per heavy atom. The third-order valence-electron chi connectivity index (χ3n) is 10.5. The van der Waals surface area contributed by atoms with E-state index in [2.05, 4.69) is 47.7 Å². The molecule has 0 aromatic heterocycles. The second kappa shape index (κ2) is 34.9. The number of unbranched alkanes of at least 4 members (excludes halogenated alkanes) is 20. The topological polar surface area (TPSA) is 212 Å². The van der Waals surface area contributed by atoms with Crippen molar-refractivity contribution in [3.05, 3.63) is 36.5 Å². The maximum absolute atomic E-state index is 13.1. The summed E-state index contributed by atoms with van der Waals surface area (Å²) in [6, 6.07) is -1.14. The standard InChI is InChI=1S/C44H81NO12S/c1-3-5-7-9-11-13-15-16-17-18-19-20-21-23-25-27-29-31-33-38(48)43(51)45-36(37(47)32-30-28-26-24-22-14-12-10-8-6-4-2)35-55-44-41(50)42(57-58(52,53)54)40(49)39(34-46)56-44/h8,10,22,24,30,32,36-42,44,46-50H,3-7,9,11-21,23,25-29,31,33-35H2,1-2H3,(H,45,51)(H,52,53,54)/b10-8+,24-22+,32-30+. The molecule has 1 aliphatic heterocycles. The van der Waals surface area contributed by atoms with E-state index in [0.29, 0.717) is 12.8 Å². The molecule has 1 heterocycles. The molecule has 58 heavy (non-hydrogen) atoms. The van der Waals surface area contributed by atoms with E-state index in [0.717, 1.165) is 51.4 Å². The zero-order chi connectivity index (χ0) is 42.9. The minimum atomic E-state index is -5.12. The first-order chi connectivity index (χ1) is 27.9. The Hall–Kier alpha value is -1.72. The number of allylic oxidation sites excluding steroid dienone is 5. The van der Waals surface area contributed by atoms with Gasteiger partial charge in [-0.2, -0.15) is 8.42 Å². The van der Waals surface area contributed by atoms with Crippen LogP contribution >= 0.6 is 0 Å². The number of ether oxygens (including phenoxy) is 2. The van der Waals surface area contributed by atoms with Gasteiger partial charge in [-0.05, 0) is 38.5 Å². The first-order valence-corrected chi connectivity index (χ1v) is 23.8. The Balaban J connectivity index is 2.57. The number of hydrogen-bond donors (Lipinski definition) is 7. The predicted octanol–water partition coefficient (Wildman–Crippen LogP) is 7.30. The number of rotatable bonds is 37. The zero-order valence-corrected chi connectivity index (χ0v) is 36.5. The maximum Gasteiger partial charge on any atom is 0.397 e. The number of amides is 1. The summed E-state index contributed by atoms with van der Waals surface area (Å²) in [5.41, 5.74) is 0. The van der Waals surface area contributed by atoms with E-state index in [1.54, 1.807) is 6.08 Å². The molecule has 14 heteroatoms. The van der Waals surface area contributed by atoms with Crippen molar-refractivity contribution in [3.8, 4) is 0 Å². The number of aliphatic hydroxyl groups excluding tert-OH is 5. The summed E-state index contributed by atoms with van der Waals surface area (Å²) in [6.45, 7) is 3.11. The Morgan fingerprint density at radius 1 is 0.690 bits per heavy atom. The van der Waals surface area contributed by atoms with E-state index >= 15 is 0 Å². The van der Waals surface area contributed by atoms with Gasteiger partial charge in [0.1, 0.15) is 30.5 Å². The van der Waals surface area contributed by atoms with Crippen molar-refractivity contribution in [1.82, 2.24) is 5.32 Å². The fraction of sp³-hybridized carbons (Fsp3) is 0.841. The fourth-order valence-electron chi connectivity index (χ4n) is 6.91. The predicted molar refractivity (Wildman–Crippen MR) is 228 cm³/mol. The first kappa shape index (κ1) is 54.3. The molecule has 0 aromatic rings. The molecule has 0 saturated carbocycles. The Morgan fingerprint density at radius 2 is 1.16 bits per heavy atom. The van der Waals surface area contributed by atoms with Gasteiger partial charge >= 0.3 is 10.4 Å². The highest BCUT2D eigenvalue weighted by Crippen LogP contribution is 2.26. The van der Waals surface area contributed by atoms with Gasteiger partial charge in [-0.15, -0.1) is 0 Å². The smallest absolute Gasteiger partial charge is 0.394 e. The molecule has 0 bridgehead atoms. The highest BCUT2D eigenvalue weighted by atomic mass is 32.3. The summed E-state index contributed by atoms with van der Waals surface area (Å²) in [6.07, 6.45) is 28.2. The molecule has 0 aromatic carbocycles. The lowest BCUT2D eigenvalue weighted by Crippen LogP contribution is -2.61. The molecular formula is C44H81NO12S. The van der Waals surface area contributed by atoms with Crippen molar-refractivity contribution in [2.75, 3.05) is 13.2 Å². The Labute approximate surface area is 350 Å². The van der Waals surface area contributed by atoms with E-state index in [1.807, 2.05) is 0 Å². The van der Waals surface area contributed by atoms with Gasteiger partial charge in [-0.25, -0.2) is 4.18 Å². The average Bonchev–Trinajstić information content (AvgIpc) is 3.19. The molecule has 7 N–H and O–H groups in total. The van der Waals surface area contributed by atoms with E-state index in [9.17, 15) is 38.7 Å². The molecule has 340 valence electrons. The van der Waals surface area contributed by atoms with Crippen molar-refractivity contribution < 1.29 is 57.0 Å². The molecule has 1 amide bonds. The molecule has 8 unspecified atom stereocenters. The van der Waals surface area contributed by atoms with Crippen LogP contribution < -0.4 is 5.32 Å². The molecule has 0 radical (unpaired) electrons. The van der Waals surface area contributed by atoms with Gasteiger partial charge in [0.25, 0.3) is 0 Å². The average molecular weight is 848 g/mol. The number of carbonyl (C=O) groups excluding carboxylic acids is 1. The van der Waals surface area contributed by atoms with Gasteiger partial charge in [0.15, 0.2) is 6.29 Å². The monoisotopic (exact) mass is 848 g/mol. The summed E-state index contributed by atoms with van der Waals surface area (Å²) in [4.78, 5) is 13.1. The van der Waals surface area contributed by atoms with Crippen LogP contribution in [0.5, 0.6) is 0 Å². The lowest BCUT2D eigenvalue weighted by molar-refractivity contribution is -0.298. The summed E-state index contributed by atoms with van der Waals surface area (Å²) in [7, 11) is -5.12. The van der Waals surface area contributed by atoms with Gasteiger partial charge in [0.05, 0.1) is 25.4 Å². The lowest BCUT2D eigenvalue weighted by Gasteiger charge is -2.41. The lowest BCUT2D eigenvalue weighted by atomic mass is 9.99. The van der Waals surface area contributed by atoms with Crippen LogP contribution in [0.4, 0.5) is 0 Å². The quantitative estimate of drug-likeness (QED) is 0.0187. The minimum absolute atomic E-state index is 0.236. The highest BCUT2D eigenvalue weighted by molar-refractivity contribution is 7.80. The molecule has 0 spiro atoms. The number of hydrogen-bond acceptors (Lipinski definition) is 11. The highest BCUT2D eigenvalue weighted by Gasteiger charge is 2.48. The molecule has 13 nitrogen and oxygen atoms in total. The largest absolute Gasteiger partial charge is 0.397 e. The van der Waals surface area contributed by atoms with Crippen LogP contribution in [-0.2, 0) is 28.9 Å². The van der Waals surface area contributed by atoms with E-state index < -0.39 is 78.5 Å². The maximum atomic E-state index is 13.1. The van der Waals surface area contributed by atoms with Crippen molar-refractivity contribution in [1.29, 1.82) is 0 Å². The number of nitrogens with one attached hydrogen (secondary N) is 1. The molecule has 8 atom stereocenters. The molecule has 1 rings (SSSR count). The number of aliphatic hydroxyl groups is 5. The normalized spacial score (nSPS) is 22.0. The minimum Gasteiger partial charge on any atom is -0.394 e. The van der Waals surface area contributed by atoms with Crippen LogP contribution in [-0.4, -0.2) is 107 Å². The van der Waals surface area contributed by atoms with Gasteiger partial charge in [-0.3, -0.25) is 9.35 Å². The van der Waals surface area contributed by atoms with Crippen LogP contribution in [0.1, 0.15) is 174 Å². The molecule has 1 aliphatic rings. The van der Waals surface area contributed by atoms with Gasteiger partial charge in [0.2, 0.25) is 5.91 Å². The van der Waals surface area contributed by atoms with Crippen molar-refractivity contribution in [2.24, 2.45) is 0 Å².